The van der Waals surface area contributed by atoms with Crippen LogP contribution in [0.5, 0.6) is 0 Å². The fraction of sp³-hybridized carbons (Fsp3) is 1.00. The zero-order valence-electron chi connectivity index (χ0n) is 9.97. The van der Waals surface area contributed by atoms with Crippen molar-refractivity contribution >= 4 is 11.8 Å². The Balaban J connectivity index is 2.32. The van der Waals surface area contributed by atoms with Gasteiger partial charge in [-0.15, -0.1) is 0 Å². The highest BCUT2D eigenvalue weighted by Gasteiger charge is 2.27. The highest BCUT2D eigenvalue weighted by molar-refractivity contribution is 8.00. The number of nitrogens with two attached hydrogens (primary N) is 1. The highest BCUT2D eigenvalue weighted by atomic mass is 32.2. The number of hydrogen-bond donors (Lipinski definition) is 1. The molecule has 0 spiro atoms. The van der Waals surface area contributed by atoms with Crippen molar-refractivity contribution in [3.05, 3.63) is 0 Å². The summed E-state index contributed by atoms with van der Waals surface area (Å²) < 4.78 is 0.428. The molecule has 1 fully saturated rings. The van der Waals surface area contributed by atoms with Crippen molar-refractivity contribution in [1.82, 2.24) is 4.90 Å². The minimum Gasteiger partial charge on any atom is -0.326 e. The summed E-state index contributed by atoms with van der Waals surface area (Å²) in [5, 5.41) is 0. The van der Waals surface area contributed by atoms with E-state index in [1.165, 1.54) is 18.8 Å². The molecule has 0 aliphatic carbocycles. The maximum atomic E-state index is 5.99. The van der Waals surface area contributed by atoms with Gasteiger partial charge in [-0.25, -0.2) is 0 Å². The normalized spacial score (nSPS) is 23.8. The van der Waals surface area contributed by atoms with Gasteiger partial charge in [0.05, 0.1) is 0 Å². The Morgan fingerprint density at radius 3 is 2.57 bits per heavy atom. The van der Waals surface area contributed by atoms with E-state index in [9.17, 15) is 0 Å². The second-order valence-corrected chi connectivity index (χ2v) is 7.42. The third-order valence-corrected chi connectivity index (χ3v) is 3.87. The maximum absolute atomic E-state index is 5.99. The summed E-state index contributed by atoms with van der Waals surface area (Å²) in [6, 6.07) is 0. The summed E-state index contributed by atoms with van der Waals surface area (Å²) in [6.07, 6.45) is 1.09. The first-order valence-electron chi connectivity index (χ1n) is 5.44. The molecule has 14 heavy (non-hydrogen) atoms. The molecule has 0 radical (unpaired) electrons. The number of thioether (sulfide) groups is 1. The van der Waals surface area contributed by atoms with Crippen LogP contribution in [-0.2, 0) is 0 Å². The number of rotatable bonds is 3. The first kappa shape index (κ1) is 12.3. The van der Waals surface area contributed by atoms with Crippen LogP contribution in [-0.4, -0.2) is 40.6 Å². The quantitative estimate of drug-likeness (QED) is 0.782. The van der Waals surface area contributed by atoms with Crippen molar-refractivity contribution in [1.29, 1.82) is 0 Å². The molecule has 1 saturated heterocycles. The third-order valence-electron chi connectivity index (χ3n) is 2.58. The van der Waals surface area contributed by atoms with E-state index in [4.69, 9.17) is 5.73 Å². The Hall–Kier alpha value is 0.270. The van der Waals surface area contributed by atoms with Gasteiger partial charge in [0, 0.05) is 29.1 Å². The van der Waals surface area contributed by atoms with Crippen LogP contribution in [0, 0.1) is 0 Å². The molecule has 1 aliphatic rings. The van der Waals surface area contributed by atoms with Crippen LogP contribution in [0.1, 0.15) is 34.1 Å². The van der Waals surface area contributed by atoms with Crippen molar-refractivity contribution < 1.29 is 0 Å². The monoisotopic (exact) mass is 216 g/mol. The Labute approximate surface area is 92.6 Å². The van der Waals surface area contributed by atoms with Crippen LogP contribution >= 0.6 is 11.8 Å². The van der Waals surface area contributed by atoms with E-state index in [1.807, 2.05) is 0 Å². The molecule has 0 bridgehead atoms. The lowest BCUT2D eigenvalue weighted by Gasteiger charge is -2.38. The molecule has 84 valence electrons. The molecule has 0 aromatic rings. The predicted octanol–water partition coefficient (Wildman–Crippen LogP) is 1.94. The summed E-state index contributed by atoms with van der Waals surface area (Å²) in [4.78, 5) is 2.55. The van der Waals surface area contributed by atoms with Crippen molar-refractivity contribution in [2.75, 3.05) is 25.4 Å². The fourth-order valence-corrected chi connectivity index (χ4v) is 2.93. The molecule has 0 aromatic heterocycles. The second kappa shape index (κ2) is 4.42. The van der Waals surface area contributed by atoms with Gasteiger partial charge in [-0.2, -0.15) is 11.8 Å². The maximum Gasteiger partial charge on any atom is 0.0231 e. The topological polar surface area (TPSA) is 29.3 Å². The van der Waals surface area contributed by atoms with Gasteiger partial charge in [0.25, 0.3) is 0 Å². The minimum absolute atomic E-state index is 0.0191. The van der Waals surface area contributed by atoms with E-state index < -0.39 is 0 Å². The molecule has 2 N–H and O–H groups in total. The van der Waals surface area contributed by atoms with Gasteiger partial charge in [0.2, 0.25) is 0 Å². The van der Waals surface area contributed by atoms with Gasteiger partial charge in [-0.1, -0.05) is 0 Å². The van der Waals surface area contributed by atoms with Crippen LogP contribution in [0.3, 0.4) is 0 Å². The molecule has 0 unspecified atom stereocenters. The molecule has 0 saturated carbocycles. The summed E-state index contributed by atoms with van der Waals surface area (Å²) in [5.41, 5.74) is 5.97. The van der Waals surface area contributed by atoms with Crippen LogP contribution < -0.4 is 5.73 Å². The summed E-state index contributed by atoms with van der Waals surface area (Å²) in [5.74, 6) is 1.26. The first-order chi connectivity index (χ1) is 6.29. The van der Waals surface area contributed by atoms with Crippen LogP contribution in [0.4, 0.5) is 0 Å². The van der Waals surface area contributed by atoms with Crippen LogP contribution in [0.25, 0.3) is 0 Å². The van der Waals surface area contributed by atoms with Crippen LogP contribution in [0.15, 0.2) is 0 Å². The molecular weight excluding hydrogens is 192 g/mol. The lowest BCUT2D eigenvalue weighted by Crippen LogP contribution is -2.46. The largest absolute Gasteiger partial charge is 0.326 e. The van der Waals surface area contributed by atoms with E-state index in [0.717, 1.165) is 13.0 Å². The Morgan fingerprint density at radius 1 is 1.43 bits per heavy atom. The van der Waals surface area contributed by atoms with Crippen molar-refractivity contribution in [3.8, 4) is 0 Å². The van der Waals surface area contributed by atoms with E-state index >= 15 is 0 Å². The molecule has 3 heteroatoms. The average Bonchev–Trinajstić information content (AvgIpc) is 1.98. The van der Waals surface area contributed by atoms with E-state index in [0.29, 0.717) is 4.75 Å². The molecular formula is C11H24N2S. The fourth-order valence-electron chi connectivity index (χ4n) is 1.75. The molecule has 1 aliphatic heterocycles. The van der Waals surface area contributed by atoms with Gasteiger partial charge < -0.3 is 10.6 Å². The molecule has 2 nitrogen and oxygen atoms in total. The molecule has 0 atom stereocenters. The van der Waals surface area contributed by atoms with Crippen molar-refractivity contribution in [2.45, 2.75) is 44.4 Å². The summed E-state index contributed by atoms with van der Waals surface area (Å²) in [7, 11) is 0. The standard InChI is InChI=1S/C11H24N2S/c1-10(2,12)5-6-13-7-8-14-11(3,4)9-13/h5-9,12H2,1-4H3. The predicted molar refractivity (Wildman–Crippen MR) is 65.9 cm³/mol. The van der Waals surface area contributed by atoms with E-state index in [-0.39, 0.29) is 5.54 Å². The van der Waals surface area contributed by atoms with Gasteiger partial charge in [-0.05, 0) is 40.7 Å². The Bertz CT molecular complexity index is 184. The lowest BCUT2D eigenvalue weighted by atomic mass is 10.0. The summed E-state index contributed by atoms with van der Waals surface area (Å²) in [6.45, 7) is 12.5. The van der Waals surface area contributed by atoms with Gasteiger partial charge in [0.15, 0.2) is 0 Å². The smallest absolute Gasteiger partial charge is 0.0231 e. The van der Waals surface area contributed by atoms with Crippen molar-refractivity contribution in [3.63, 3.8) is 0 Å². The molecule has 1 rings (SSSR count). The lowest BCUT2D eigenvalue weighted by molar-refractivity contribution is 0.238. The van der Waals surface area contributed by atoms with Gasteiger partial charge in [-0.3, -0.25) is 0 Å². The zero-order valence-corrected chi connectivity index (χ0v) is 10.8. The zero-order chi connectivity index (χ0) is 10.8. The average molecular weight is 216 g/mol. The second-order valence-electron chi connectivity index (χ2n) is 5.62. The number of hydrogen-bond acceptors (Lipinski definition) is 3. The highest BCUT2D eigenvalue weighted by Crippen LogP contribution is 2.29. The van der Waals surface area contributed by atoms with E-state index in [1.54, 1.807) is 0 Å². The van der Waals surface area contributed by atoms with Gasteiger partial charge in [0.1, 0.15) is 0 Å². The minimum atomic E-state index is -0.0191. The molecule has 0 aromatic carbocycles. The molecule has 1 heterocycles. The first-order valence-corrected chi connectivity index (χ1v) is 6.42. The number of nitrogens with zero attached hydrogens (tertiary/aromatic N) is 1. The Morgan fingerprint density at radius 2 is 2.07 bits per heavy atom. The van der Waals surface area contributed by atoms with Crippen LogP contribution in [0.2, 0.25) is 0 Å². The van der Waals surface area contributed by atoms with E-state index in [2.05, 4.69) is 44.4 Å². The Kier molecular flexibility index (Phi) is 3.89. The SMILES string of the molecule is CC(C)(N)CCN1CCSC(C)(C)C1. The summed E-state index contributed by atoms with van der Waals surface area (Å²) >= 11 is 2.08. The third kappa shape index (κ3) is 4.67. The molecule has 0 amide bonds. The van der Waals surface area contributed by atoms with Gasteiger partial charge >= 0.3 is 0 Å². The van der Waals surface area contributed by atoms with Crippen molar-refractivity contribution in [2.24, 2.45) is 5.73 Å².